The number of halogens is 2. The summed E-state index contributed by atoms with van der Waals surface area (Å²) in [6.45, 7) is 3.36. The molecule has 1 unspecified atom stereocenters. The van der Waals surface area contributed by atoms with Gasteiger partial charge in [-0.15, -0.1) is 0 Å². The van der Waals surface area contributed by atoms with Gasteiger partial charge in [0.05, 0.1) is 48.4 Å². The average molecular weight is 806 g/mol. The van der Waals surface area contributed by atoms with Crippen LogP contribution < -0.4 is 21.7 Å². The van der Waals surface area contributed by atoms with Crippen molar-refractivity contribution in [3.05, 3.63) is 65.2 Å². The molecule has 0 saturated carbocycles. The molecule has 0 radical (unpaired) electrons. The lowest BCUT2D eigenvalue weighted by Crippen LogP contribution is -2.54. The van der Waals surface area contributed by atoms with Gasteiger partial charge in [-0.1, -0.05) is 6.07 Å². The van der Waals surface area contributed by atoms with Gasteiger partial charge in [0.2, 0.25) is 11.8 Å². The number of benzene rings is 1. The number of likely N-dealkylation sites (tertiary alicyclic amines) is 1. The molecule has 3 fully saturated rings. The Hall–Kier alpha value is -5.90. The summed E-state index contributed by atoms with van der Waals surface area (Å²) in [7, 11) is 0. The van der Waals surface area contributed by atoms with Crippen molar-refractivity contribution in [3.63, 3.8) is 0 Å². The van der Waals surface area contributed by atoms with Gasteiger partial charge >= 0.3 is 0 Å². The highest BCUT2D eigenvalue weighted by Gasteiger charge is 2.45. The normalized spacial score (nSPS) is 21.8. The number of imide groups is 2. The topological polar surface area (TPSA) is 230 Å². The molecule has 1 aromatic carbocycles. The van der Waals surface area contributed by atoms with Crippen molar-refractivity contribution in [2.24, 2.45) is 0 Å². The zero-order chi connectivity index (χ0) is 40.5. The molecular weight excluding hydrogens is 764 g/mol. The predicted molar refractivity (Wildman–Crippen MR) is 199 cm³/mol. The number of aromatic nitrogens is 5. The molecule has 0 bridgehead atoms. The van der Waals surface area contributed by atoms with Gasteiger partial charge in [-0.05, 0) is 43.9 Å². The van der Waals surface area contributed by atoms with E-state index in [9.17, 15) is 32.8 Å². The van der Waals surface area contributed by atoms with Crippen LogP contribution in [-0.4, -0.2) is 128 Å². The van der Waals surface area contributed by atoms with Crippen LogP contribution in [-0.2, 0) is 23.8 Å². The Labute approximate surface area is 329 Å². The molecule has 0 spiro atoms. The van der Waals surface area contributed by atoms with Crippen molar-refractivity contribution >= 4 is 52.4 Å². The second-order valence-corrected chi connectivity index (χ2v) is 14.4. The van der Waals surface area contributed by atoms with Crippen LogP contribution in [0.4, 0.5) is 26.0 Å². The van der Waals surface area contributed by atoms with Crippen molar-refractivity contribution in [1.82, 2.24) is 39.5 Å². The SMILES string of the molecule is Nc1ccn2ncc(C(=O)Nc3cn(C4COC(CN5CCC(OCCCNc6cccc7c6C(=O)N(C6CCC(=O)NC6=O)C7=O)CC5)OC4)nc3C(F)F)c2n1. The number of ether oxygens (including phenoxy) is 3. The maximum Gasteiger partial charge on any atom is 0.284 e. The van der Waals surface area contributed by atoms with E-state index in [0.717, 1.165) is 30.8 Å². The van der Waals surface area contributed by atoms with E-state index in [4.69, 9.17) is 19.9 Å². The maximum atomic E-state index is 14.0. The summed E-state index contributed by atoms with van der Waals surface area (Å²) in [5.74, 6) is -2.71. The summed E-state index contributed by atoms with van der Waals surface area (Å²) in [5.41, 5.74) is 6.18. The van der Waals surface area contributed by atoms with Crippen LogP contribution in [0.5, 0.6) is 0 Å². The highest BCUT2D eigenvalue weighted by molar-refractivity contribution is 6.25. The Kier molecular flexibility index (Phi) is 11.1. The van der Waals surface area contributed by atoms with Crippen molar-refractivity contribution in [2.75, 3.05) is 62.4 Å². The van der Waals surface area contributed by atoms with Gasteiger partial charge in [0.15, 0.2) is 17.6 Å². The van der Waals surface area contributed by atoms with Crippen LogP contribution in [0, 0.1) is 0 Å². The number of carbonyl (C=O) groups is 5. The minimum absolute atomic E-state index is 0.0521. The number of nitrogen functional groups attached to an aromatic ring is 1. The van der Waals surface area contributed by atoms with E-state index in [2.05, 4.69) is 36.0 Å². The van der Waals surface area contributed by atoms with Gasteiger partial charge in [-0.2, -0.15) is 10.2 Å². The Morgan fingerprint density at radius 1 is 1.05 bits per heavy atom. The third-order valence-corrected chi connectivity index (χ3v) is 10.6. The average Bonchev–Trinajstić information content (AvgIpc) is 3.90. The van der Waals surface area contributed by atoms with E-state index >= 15 is 0 Å². The van der Waals surface area contributed by atoms with Crippen LogP contribution in [0.25, 0.3) is 5.65 Å². The number of fused-ring (bicyclic) bond motifs is 2. The smallest absolute Gasteiger partial charge is 0.284 e. The number of hydrogen-bond acceptors (Lipinski definition) is 14. The largest absolute Gasteiger partial charge is 0.384 e. The summed E-state index contributed by atoms with van der Waals surface area (Å²) < 4.78 is 48.7. The molecule has 5 amide bonds. The van der Waals surface area contributed by atoms with Gasteiger partial charge in [0, 0.05) is 57.3 Å². The van der Waals surface area contributed by atoms with Crippen LogP contribution in [0.3, 0.4) is 0 Å². The van der Waals surface area contributed by atoms with E-state index in [-0.39, 0.29) is 66.0 Å². The highest BCUT2D eigenvalue weighted by Crippen LogP contribution is 2.33. The van der Waals surface area contributed by atoms with Gasteiger partial charge in [-0.25, -0.2) is 18.3 Å². The summed E-state index contributed by atoms with van der Waals surface area (Å²) in [4.78, 5) is 70.7. The minimum Gasteiger partial charge on any atom is -0.384 e. The van der Waals surface area contributed by atoms with Crippen molar-refractivity contribution in [3.8, 4) is 0 Å². The fourth-order valence-corrected chi connectivity index (χ4v) is 7.55. The Bertz CT molecular complexity index is 2230. The maximum absolute atomic E-state index is 14.0. The van der Waals surface area contributed by atoms with E-state index in [1.165, 1.54) is 33.9 Å². The lowest BCUT2D eigenvalue weighted by Gasteiger charge is -2.36. The lowest BCUT2D eigenvalue weighted by molar-refractivity contribution is -0.206. The molecule has 1 atom stereocenters. The molecule has 4 aliphatic rings. The third-order valence-electron chi connectivity index (χ3n) is 10.6. The number of nitrogens with zero attached hydrogens (tertiary/aromatic N) is 7. The molecule has 58 heavy (non-hydrogen) atoms. The Morgan fingerprint density at radius 3 is 2.60 bits per heavy atom. The highest BCUT2D eigenvalue weighted by atomic mass is 19.3. The number of rotatable bonds is 13. The first kappa shape index (κ1) is 38.9. The molecule has 21 heteroatoms. The quantitative estimate of drug-likeness (QED) is 0.112. The Morgan fingerprint density at radius 2 is 1.84 bits per heavy atom. The van der Waals surface area contributed by atoms with Gasteiger partial charge in [0.1, 0.15) is 17.4 Å². The number of nitrogens with two attached hydrogens (primary N) is 1. The molecule has 0 aliphatic carbocycles. The molecule has 5 N–H and O–H groups in total. The van der Waals surface area contributed by atoms with Gasteiger partial charge < -0.3 is 30.6 Å². The second-order valence-electron chi connectivity index (χ2n) is 14.4. The number of nitrogens with one attached hydrogen (secondary N) is 3. The molecule has 4 aromatic rings. The molecule has 306 valence electrons. The van der Waals surface area contributed by atoms with Crippen molar-refractivity contribution in [1.29, 1.82) is 0 Å². The monoisotopic (exact) mass is 805 g/mol. The zero-order valence-corrected chi connectivity index (χ0v) is 31.1. The lowest BCUT2D eigenvalue weighted by atomic mass is 10.0. The van der Waals surface area contributed by atoms with Crippen LogP contribution in [0.15, 0.2) is 42.9 Å². The molecule has 3 aromatic heterocycles. The third kappa shape index (κ3) is 7.97. The number of carbonyl (C=O) groups excluding carboxylic acids is 5. The summed E-state index contributed by atoms with van der Waals surface area (Å²) in [5, 5.41) is 16.0. The van der Waals surface area contributed by atoms with Crippen molar-refractivity contribution < 1.29 is 47.0 Å². The van der Waals surface area contributed by atoms with E-state index in [0.29, 0.717) is 31.8 Å². The first-order valence-corrected chi connectivity index (χ1v) is 19.0. The summed E-state index contributed by atoms with van der Waals surface area (Å²) >= 11 is 0. The number of hydrogen-bond donors (Lipinski definition) is 4. The minimum atomic E-state index is -2.95. The van der Waals surface area contributed by atoms with E-state index in [1.807, 2.05) is 0 Å². The summed E-state index contributed by atoms with van der Waals surface area (Å²) in [6, 6.07) is 4.94. The Balaban J connectivity index is 0.751. The second kappa shape index (κ2) is 16.5. The van der Waals surface area contributed by atoms with Gasteiger partial charge in [0.25, 0.3) is 24.1 Å². The standard InChI is InChI=1S/C37H41F2N11O8/c38-32(39)31-25(43-34(52)23-15-42-48-13-9-27(40)44-33(23)48)16-49(46-31)20-18-57-29(58-19-20)17-47-11-7-21(8-12-47)56-14-2-10-41-24-4-1-3-22-30(24)37(55)50(36(22)54)26-5-6-28(51)45-35(26)53/h1,3-4,9,13,15-16,20-21,26,29,32,41H,2,5-8,10-12,14,17-19H2,(H2,40,44)(H,43,52)(H,45,51,53). The van der Waals surface area contributed by atoms with E-state index in [1.54, 1.807) is 18.2 Å². The zero-order valence-electron chi connectivity index (χ0n) is 31.1. The predicted octanol–water partition coefficient (Wildman–Crippen LogP) is 2.00. The molecule has 4 aliphatic heterocycles. The number of alkyl halides is 2. The fourth-order valence-electron chi connectivity index (χ4n) is 7.55. The molecular formula is C37H41F2N11O8. The van der Waals surface area contributed by atoms with Crippen LogP contribution in [0.1, 0.15) is 81.3 Å². The van der Waals surface area contributed by atoms with Gasteiger partial charge in [-0.3, -0.25) is 43.8 Å². The first-order chi connectivity index (χ1) is 28.0. The van der Waals surface area contributed by atoms with Crippen molar-refractivity contribution in [2.45, 2.75) is 63.0 Å². The number of anilines is 3. The van der Waals surface area contributed by atoms with Crippen LogP contribution >= 0.6 is 0 Å². The molecule has 3 saturated heterocycles. The number of amides is 5. The summed E-state index contributed by atoms with van der Waals surface area (Å²) in [6.07, 6.45) is 3.14. The molecule has 19 nitrogen and oxygen atoms in total. The molecule has 7 heterocycles. The van der Waals surface area contributed by atoms with E-state index < -0.39 is 60.0 Å². The fraction of sp³-hybridized carbons (Fsp3) is 0.459. The first-order valence-electron chi connectivity index (χ1n) is 19.0. The molecule has 8 rings (SSSR count). The number of piperidine rings is 2. The van der Waals surface area contributed by atoms with Crippen LogP contribution in [0.2, 0.25) is 0 Å².